The van der Waals surface area contributed by atoms with Gasteiger partial charge in [-0.1, -0.05) is 16.8 Å². The molecule has 4 rings (SSSR count). The van der Waals surface area contributed by atoms with Crippen LogP contribution in [0.1, 0.15) is 18.5 Å². The predicted molar refractivity (Wildman–Crippen MR) is 87.8 cm³/mol. The SMILES string of the molecule is O=S(=O)(C1CC1)N1CCN(Cc2noc3ccc(Cl)cc23)CC1. The molecule has 2 aliphatic rings. The minimum atomic E-state index is -3.06. The van der Waals surface area contributed by atoms with Gasteiger partial charge < -0.3 is 4.52 Å². The van der Waals surface area contributed by atoms with Crippen molar-refractivity contribution in [1.82, 2.24) is 14.4 Å². The van der Waals surface area contributed by atoms with Crippen LogP contribution in [0.4, 0.5) is 0 Å². The van der Waals surface area contributed by atoms with E-state index in [1.165, 1.54) is 0 Å². The fourth-order valence-corrected chi connectivity index (χ4v) is 5.00. The first kappa shape index (κ1) is 15.4. The van der Waals surface area contributed by atoms with E-state index in [9.17, 15) is 8.42 Å². The summed E-state index contributed by atoms with van der Waals surface area (Å²) in [6.07, 6.45) is 1.63. The average molecular weight is 356 g/mol. The summed E-state index contributed by atoms with van der Waals surface area (Å²) in [5, 5.41) is 5.58. The van der Waals surface area contributed by atoms with Crippen LogP contribution < -0.4 is 0 Å². The van der Waals surface area contributed by atoms with Gasteiger partial charge in [0.1, 0.15) is 5.69 Å². The Morgan fingerprint density at radius 1 is 1.22 bits per heavy atom. The maximum Gasteiger partial charge on any atom is 0.217 e. The normalized spacial score (nSPS) is 21.1. The maximum atomic E-state index is 12.2. The molecule has 8 heteroatoms. The van der Waals surface area contributed by atoms with Crippen molar-refractivity contribution in [2.24, 2.45) is 0 Å². The van der Waals surface area contributed by atoms with Crippen molar-refractivity contribution in [1.29, 1.82) is 0 Å². The molecule has 0 spiro atoms. The summed E-state index contributed by atoms with van der Waals surface area (Å²) < 4.78 is 31.5. The van der Waals surface area contributed by atoms with E-state index in [0.717, 1.165) is 29.5 Å². The van der Waals surface area contributed by atoms with Gasteiger partial charge in [-0.25, -0.2) is 8.42 Å². The number of halogens is 1. The molecule has 0 unspecified atom stereocenters. The van der Waals surface area contributed by atoms with Gasteiger partial charge in [0.05, 0.1) is 5.25 Å². The number of rotatable bonds is 4. The van der Waals surface area contributed by atoms with Crippen LogP contribution in [-0.4, -0.2) is 54.2 Å². The van der Waals surface area contributed by atoms with Crippen molar-refractivity contribution in [3.05, 3.63) is 28.9 Å². The van der Waals surface area contributed by atoms with Crippen LogP contribution >= 0.6 is 11.6 Å². The van der Waals surface area contributed by atoms with Crippen molar-refractivity contribution < 1.29 is 12.9 Å². The van der Waals surface area contributed by atoms with Crippen molar-refractivity contribution in [3.8, 4) is 0 Å². The first-order valence-electron chi connectivity index (χ1n) is 7.79. The first-order valence-corrected chi connectivity index (χ1v) is 9.67. The lowest BCUT2D eigenvalue weighted by atomic mass is 10.2. The van der Waals surface area contributed by atoms with Gasteiger partial charge >= 0.3 is 0 Å². The third-order valence-corrected chi connectivity index (χ3v) is 7.15. The van der Waals surface area contributed by atoms with Crippen molar-refractivity contribution >= 4 is 32.6 Å². The zero-order valence-corrected chi connectivity index (χ0v) is 14.2. The fraction of sp³-hybridized carbons (Fsp3) is 0.533. The summed E-state index contributed by atoms with van der Waals surface area (Å²) >= 11 is 6.04. The lowest BCUT2D eigenvalue weighted by molar-refractivity contribution is 0.178. The highest BCUT2D eigenvalue weighted by atomic mass is 35.5. The molecule has 1 aliphatic carbocycles. The second-order valence-electron chi connectivity index (χ2n) is 6.19. The van der Waals surface area contributed by atoms with Crippen LogP contribution in [0.3, 0.4) is 0 Å². The number of piperazine rings is 1. The van der Waals surface area contributed by atoms with Gasteiger partial charge in [-0.3, -0.25) is 4.90 Å². The van der Waals surface area contributed by atoms with E-state index >= 15 is 0 Å². The standard InChI is InChI=1S/C15H18ClN3O3S/c16-11-1-4-15-13(9-11)14(17-22-15)10-18-5-7-19(8-6-18)23(20,21)12-2-3-12/h1,4,9,12H,2-3,5-8,10H2. The Morgan fingerprint density at radius 3 is 2.65 bits per heavy atom. The monoisotopic (exact) mass is 355 g/mol. The third-order valence-electron chi connectivity index (χ3n) is 4.52. The van der Waals surface area contributed by atoms with E-state index in [4.69, 9.17) is 16.1 Å². The van der Waals surface area contributed by atoms with E-state index in [-0.39, 0.29) is 5.25 Å². The minimum Gasteiger partial charge on any atom is -0.356 e. The zero-order valence-electron chi connectivity index (χ0n) is 12.6. The van der Waals surface area contributed by atoms with Gasteiger partial charge in [-0.15, -0.1) is 0 Å². The Bertz CT molecular complexity index is 824. The lowest BCUT2D eigenvalue weighted by Gasteiger charge is -2.33. The average Bonchev–Trinajstić information content (AvgIpc) is 3.33. The van der Waals surface area contributed by atoms with Gasteiger partial charge in [0.15, 0.2) is 5.58 Å². The van der Waals surface area contributed by atoms with Crippen LogP contribution in [0.25, 0.3) is 11.0 Å². The molecule has 0 N–H and O–H groups in total. The van der Waals surface area contributed by atoms with Gasteiger partial charge in [0.2, 0.25) is 10.0 Å². The molecular weight excluding hydrogens is 338 g/mol. The number of benzene rings is 1. The molecule has 2 aromatic rings. The number of hydrogen-bond acceptors (Lipinski definition) is 5. The molecule has 6 nitrogen and oxygen atoms in total. The van der Waals surface area contributed by atoms with Gasteiger partial charge in [-0.05, 0) is 31.0 Å². The molecule has 0 amide bonds. The summed E-state index contributed by atoms with van der Waals surface area (Å²) in [6, 6.07) is 5.45. The molecule has 23 heavy (non-hydrogen) atoms. The number of hydrogen-bond donors (Lipinski definition) is 0. The smallest absolute Gasteiger partial charge is 0.217 e. The van der Waals surface area contributed by atoms with E-state index in [0.29, 0.717) is 37.7 Å². The van der Waals surface area contributed by atoms with E-state index in [1.54, 1.807) is 10.4 Å². The Labute approximate surface area is 140 Å². The lowest BCUT2D eigenvalue weighted by Crippen LogP contribution is -2.49. The molecule has 1 aromatic heterocycles. The second kappa shape index (κ2) is 5.73. The maximum absolute atomic E-state index is 12.2. The van der Waals surface area contributed by atoms with Crippen LogP contribution in [0.15, 0.2) is 22.7 Å². The van der Waals surface area contributed by atoms with E-state index < -0.39 is 10.0 Å². The highest BCUT2D eigenvalue weighted by Crippen LogP contribution is 2.31. The summed E-state index contributed by atoms with van der Waals surface area (Å²) in [7, 11) is -3.06. The van der Waals surface area contributed by atoms with Crippen molar-refractivity contribution in [2.75, 3.05) is 26.2 Å². The summed E-state index contributed by atoms with van der Waals surface area (Å²) in [5.74, 6) is 0. The first-order chi connectivity index (χ1) is 11.0. The fourth-order valence-electron chi connectivity index (χ4n) is 3.01. The molecule has 1 aliphatic heterocycles. The Morgan fingerprint density at radius 2 is 1.96 bits per heavy atom. The van der Waals surface area contributed by atoms with E-state index in [2.05, 4.69) is 10.1 Å². The number of nitrogens with zero attached hydrogens (tertiary/aromatic N) is 3. The third kappa shape index (κ3) is 2.98. The Hall–Kier alpha value is -1.15. The molecule has 0 atom stereocenters. The quantitative estimate of drug-likeness (QED) is 0.840. The molecule has 2 heterocycles. The largest absolute Gasteiger partial charge is 0.356 e. The molecule has 124 valence electrons. The molecular formula is C15H18ClN3O3S. The number of fused-ring (bicyclic) bond motifs is 1. The summed E-state index contributed by atoms with van der Waals surface area (Å²) in [4.78, 5) is 2.21. The molecule has 0 radical (unpaired) electrons. The zero-order chi connectivity index (χ0) is 16.0. The molecule has 2 fully saturated rings. The van der Waals surface area contributed by atoms with Crippen molar-refractivity contribution in [2.45, 2.75) is 24.6 Å². The molecule has 1 aromatic carbocycles. The van der Waals surface area contributed by atoms with Gasteiger partial charge in [-0.2, -0.15) is 4.31 Å². The Kier molecular flexibility index (Phi) is 3.84. The highest BCUT2D eigenvalue weighted by Gasteiger charge is 2.40. The molecule has 0 bridgehead atoms. The summed E-state index contributed by atoms with van der Waals surface area (Å²) in [6.45, 7) is 3.16. The van der Waals surface area contributed by atoms with Gasteiger partial charge in [0, 0.05) is 43.1 Å². The number of aromatic nitrogens is 1. The van der Waals surface area contributed by atoms with E-state index in [1.807, 2.05) is 12.1 Å². The minimum absolute atomic E-state index is 0.129. The van der Waals surface area contributed by atoms with Crippen LogP contribution in [0.2, 0.25) is 5.02 Å². The highest BCUT2D eigenvalue weighted by molar-refractivity contribution is 7.90. The predicted octanol–water partition coefficient (Wildman–Crippen LogP) is 2.09. The molecule has 1 saturated heterocycles. The van der Waals surface area contributed by atoms with Crippen LogP contribution in [0.5, 0.6) is 0 Å². The topological polar surface area (TPSA) is 66.7 Å². The van der Waals surface area contributed by atoms with Crippen molar-refractivity contribution in [3.63, 3.8) is 0 Å². The molecule has 1 saturated carbocycles. The summed E-state index contributed by atoms with van der Waals surface area (Å²) in [5.41, 5.74) is 1.57. The second-order valence-corrected chi connectivity index (χ2v) is 8.84. The van der Waals surface area contributed by atoms with Crippen LogP contribution in [-0.2, 0) is 16.6 Å². The number of sulfonamides is 1. The Balaban J connectivity index is 1.43. The van der Waals surface area contributed by atoms with Gasteiger partial charge in [0.25, 0.3) is 0 Å². The van der Waals surface area contributed by atoms with Crippen LogP contribution in [0, 0.1) is 0 Å².